The SMILES string of the molecule is O=C(Nc1ccc(S(=O)(=O)Nc2cnc3ccccc3n2)cc1)C1c2ccccc2Oc2ccccc21. The lowest BCUT2D eigenvalue weighted by molar-refractivity contribution is -0.116. The first kappa shape index (κ1) is 22.7. The van der Waals surface area contributed by atoms with Crippen LogP contribution < -0.4 is 14.8 Å². The molecule has 0 unspecified atom stereocenters. The number of carbonyl (C=O) groups is 1. The second-order valence-corrected chi connectivity index (χ2v) is 10.2. The fraction of sp³-hybridized carbons (Fsp3) is 0.0357. The van der Waals surface area contributed by atoms with Gasteiger partial charge < -0.3 is 10.1 Å². The van der Waals surface area contributed by atoms with Crippen molar-refractivity contribution in [3.63, 3.8) is 0 Å². The number of para-hydroxylation sites is 4. The summed E-state index contributed by atoms with van der Waals surface area (Å²) in [6, 6.07) is 28.0. The second-order valence-electron chi connectivity index (χ2n) is 8.47. The number of hydrogen-bond acceptors (Lipinski definition) is 6. The van der Waals surface area contributed by atoms with E-state index in [2.05, 4.69) is 20.0 Å². The number of benzene rings is 4. The highest BCUT2D eigenvalue weighted by atomic mass is 32.2. The minimum Gasteiger partial charge on any atom is -0.457 e. The van der Waals surface area contributed by atoms with Crippen molar-refractivity contribution in [2.75, 3.05) is 10.0 Å². The second kappa shape index (κ2) is 9.03. The molecule has 0 saturated heterocycles. The van der Waals surface area contributed by atoms with Crippen LogP contribution in [0.25, 0.3) is 11.0 Å². The van der Waals surface area contributed by atoms with E-state index in [0.29, 0.717) is 28.2 Å². The van der Waals surface area contributed by atoms with Gasteiger partial charge in [-0.15, -0.1) is 0 Å². The molecule has 1 aromatic heterocycles. The minimum absolute atomic E-state index is 0.0298. The Morgan fingerprint density at radius 2 is 1.35 bits per heavy atom. The van der Waals surface area contributed by atoms with Crippen molar-refractivity contribution >= 4 is 38.5 Å². The Morgan fingerprint density at radius 1 is 0.757 bits per heavy atom. The Labute approximate surface area is 213 Å². The molecule has 2 N–H and O–H groups in total. The van der Waals surface area contributed by atoms with E-state index >= 15 is 0 Å². The maximum Gasteiger partial charge on any atom is 0.263 e. The molecule has 8 nitrogen and oxygen atoms in total. The Kier molecular flexibility index (Phi) is 5.54. The van der Waals surface area contributed by atoms with Crippen LogP contribution in [0.15, 0.2) is 108 Å². The first-order chi connectivity index (χ1) is 18.0. The quantitative estimate of drug-likeness (QED) is 0.333. The van der Waals surface area contributed by atoms with E-state index in [1.165, 1.54) is 18.3 Å². The summed E-state index contributed by atoms with van der Waals surface area (Å²) in [5, 5.41) is 2.91. The van der Waals surface area contributed by atoms with Crippen LogP contribution in [0.5, 0.6) is 11.5 Å². The van der Waals surface area contributed by atoms with Gasteiger partial charge in [-0.2, -0.15) is 0 Å². The molecule has 0 atom stereocenters. The van der Waals surface area contributed by atoms with Gasteiger partial charge in [-0.05, 0) is 48.5 Å². The van der Waals surface area contributed by atoms with Crippen LogP contribution in [-0.2, 0) is 14.8 Å². The molecule has 0 saturated carbocycles. The molecule has 1 amide bonds. The maximum atomic E-state index is 13.4. The lowest BCUT2D eigenvalue weighted by Gasteiger charge is -2.27. The minimum atomic E-state index is -3.91. The summed E-state index contributed by atoms with van der Waals surface area (Å²) in [5.74, 6) is 0.560. The topological polar surface area (TPSA) is 110 Å². The van der Waals surface area contributed by atoms with E-state index in [1.54, 1.807) is 30.3 Å². The number of rotatable bonds is 5. The van der Waals surface area contributed by atoms with Crippen molar-refractivity contribution < 1.29 is 17.9 Å². The van der Waals surface area contributed by atoms with E-state index in [4.69, 9.17) is 4.74 Å². The summed E-state index contributed by atoms with van der Waals surface area (Å²) in [7, 11) is -3.91. The summed E-state index contributed by atoms with van der Waals surface area (Å²) in [6.07, 6.45) is 1.37. The summed E-state index contributed by atoms with van der Waals surface area (Å²) >= 11 is 0. The zero-order chi connectivity index (χ0) is 25.4. The van der Waals surface area contributed by atoms with E-state index in [9.17, 15) is 13.2 Å². The van der Waals surface area contributed by atoms with E-state index < -0.39 is 15.9 Å². The Morgan fingerprint density at radius 3 is 2.03 bits per heavy atom. The zero-order valence-corrected chi connectivity index (χ0v) is 20.1. The highest BCUT2D eigenvalue weighted by molar-refractivity contribution is 7.92. The van der Waals surface area contributed by atoms with Gasteiger partial charge in [0.1, 0.15) is 11.5 Å². The van der Waals surface area contributed by atoms with Crippen LogP contribution in [0.2, 0.25) is 0 Å². The maximum absolute atomic E-state index is 13.4. The molecular formula is C28H20N4O4S. The molecule has 0 bridgehead atoms. The Bertz CT molecular complexity index is 1710. The standard InChI is InChI=1S/C28H20N4O4S/c33-28(27-20-7-1-5-11-24(20)36-25-12-6-2-8-21(25)27)30-18-13-15-19(16-14-18)37(34,35)32-26-17-29-22-9-3-4-10-23(22)31-26/h1-17,27H,(H,30,33)(H,31,32). The van der Waals surface area contributed by atoms with Crippen molar-refractivity contribution in [3.05, 3.63) is 114 Å². The third kappa shape index (κ3) is 4.36. The number of ether oxygens (including phenoxy) is 1. The molecule has 0 spiro atoms. The molecule has 1 aliphatic rings. The molecule has 37 heavy (non-hydrogen) atoms. The smallest absolute Gasteiger partial charge is 0.263 e. The van der Waals surface area contributed by atoms with Gasteiger partial charge in [0.2, 0.25) is 5.91 Å². The highest BCUT2D eigenvalue weighted by Gasteiger charge is 2.32. The number of nitrogens with zero attached hydrogens (tertiary/aromatic N) is 2. The van der Waals surface area contributed by atoms with E-state index in [1.807, 2.05) is 54.6 Å². The molecule has 9 heteroatoms. The summed E-state index contributed by atoms with van der Waals surface area (Å²) in [5.41, 5.74) is 3.24. The third-order valence-electron chi connectivity index (χ3n) is 6.06. The fourth-order valence-corrected chi connectivity index (χ4v) is 5.31. The molecule has 6 rings (SSSR count). The normalized spacial score (nSPS) is 12.8. The largest absolute Gasteiger partial charge is 0.457 e. The number of fused-ring (bicyclic) bond motifs is 3. The van der Waals surface area contributed by atoms with Gasteiger partial charge in [0, 0.05) is 16.8 Å². The van der Waals surface area contributed by atoms with E-state index in [0.717, 1.165) is 11.1 Å². The van der Waals surface area contributed by atoms with Crippen molar-refractivity contribution in [2.45, 2.75) is 10.8 Å². The van der Waals surface area contributed by atoms with Gasteiger partial charge in [0.15, 0.2) is 5.82 Å². The lowest BCUT2D eigenvalue weighted by Crippen LogP contribution is -2.25. The molecular weight excluding hydrogens is 488 g/mol. The van der Waals surface area contributed by atoms with Crippen molar-refractivity contribution in [3.8, 4) is 11.5 Å². The summed E-state index contributed by atoms with van der Waals surface area (Å²) in [6.45, 7) is 0. The first-order valence-electron chi connectivity index (χ1n) is 11.5. The van der Waals surface area contributed by atoms with Crippen LogP contribution in [0.4, 0.5) is 11.5 Å². The average molecular weight is 509 g/mol. The van der Waals surface area contributed by atoms with Gasteiger partial charge in [0.05, 0.1) is 28.0 Å². The summed E-state index contributed by atoms with van der Waals surface area (Å²) in [4.78, 5) is 22.0. The number of sulfonamides is 1. The van der Waals surface area contributed by atoms with Crippen molar-refractivity contribution in [2.24, 2.45) is 0 Å². The van der Waals surface area contributed by atoms with Crippen LogP contribution in [0.1, 0.15) is 17.0 Å². The number of amides is 1. The predicted molar refractivity (Wildman–Crippen MR) is 140 cm³/mol. The lowest BCUT2D eigenvalue weighted by atomic mass is 9.87. The monoisotopic (exact) mass is 508 g/mol. The van der Waals surface area contributed by atoms with Gasteiger partial charge >= 0.3 is 0 Å². The highest BCUT2D eigenvalue weighted by Crippen LogP contribution is 2.44. The van der Waals surface area contributed by atoms with Gasteiger partial charge in [-0.1, -0.05) is 48.5 Å². The fourth-order valence-electron chi connectivity index (χ4n) is 4.33. The van der Waals surface area contributed by atoms with Crippen molar-refractivity contribution in [1.82, 2.24) is 9.97 Å². The Balaban J connectivity index is 1.22. The van der Waals surface area contributed by atoms with Crippen LogP contribution in [0.3, 0.4) is 0 Å². The molecule has 4 aromatic carbocycles. The molecule has 182 valence electrons. The molecule has 1 aliphatic heterocycles. The van der Waals surface area contributed by atoms with Crippen LogP contribution in [-0.4, -0.2) is 24.3 Å². The molecule has 5 aromatic rings. The predicted octanol–water partition coefficient (Wildman–Crippen LogP) is 5.31. The number of anilines is 2. The summed E-state index contributed by atoms with van der Waals surface area (Å²) < 4.78 is 34.3. The van der Waals surface area contributed by atoms with Crippen LogP contribution in [0, 0.1) is 0 Å². The molecule has 0 aliphatic carbocycles. The van der Waals surface area contributed by atoms with E-state index in [-0.39, 0.29) is 16.6 Å². The number of carbonyl (C=O) groups excluding carboxylic acids is 1. The van der Waals surface area contributed by atoms with Gasteiger partial charge in [-0.3, -0.25) is 14.5 Å². The van der Waals surface area contributed by atoms with Gasteiger partial charge in [-0.25, -0.2) is 13.4 Å². The molecule has 0 radical (unpaired) electrons. The number of hydrogen-bond donors (Lipinski definition) is 2. The molecule has 2 heterocycles. The third-order valence-corrected chi connectivity index (χ3v) is 7.43. The number of nitrogens with one attached hydrogen (secondary N) is 2. The van der Waals surface area contributed by atoms with Gasteiger partial charge in [0.25, 0.3) is 10.0 Å². The number of aromatic nitrogens is 2. The van der Waals surface area contributed by atoms with Crippen LogP contribution >= 0.6 is 0 Å². The zero-order valence-electron chi connectivity index (χ0n) is 19.3. The average Bonchev–Trinajstić information content (AvgIpc) is 2.91. The first-order valence-corrected chi connectivity index (χ1v) is 13.0. The van der Waals surface area contributed by atoms with Crippen molar-refractivity contribution in [1.29, 1.82) is 0 Å². The Hall–Kier alpha value is -4.76. The molecule has 0 fully saturated rings.